The van der Waals surface area contributed by atoms with Crippen molar-refractivity contribution in [3.8, 4) is 0 Å². The third kappa shape index (κ3) is 4.63. The van der Waals surface area contributed by atoms with Gasteiger partial charge >= 0.3 is 0 Å². The van der Waals surface area contributed by atoms with Gasteiger partial charge in [-0.05, 0) is 12.5 Å². The highest BCUT2D eigenvalue weighted by Gasteiger charge is 2.16. The number of halogens is 1. The van der Waals surface area contributed by atoms with Crippen molar-refractivity contribution in [2.45, 2.75) is 11.4 Å². The predicted octanol–water partition coefficient (Wildman–Crippen LogP) is 0.344. The standard InChI is InChI=1S/C9H16ClN3O3S/c1-13-9(3-6-11-13)17(14,15)12-5-2-7-16-8-4-10/h3,6,12H,2,4-5,7-8H2,1H3. The Morgan fingerprint density at radius 3 is 2.88 bits per heavy atom. The molecule has 0 bridgehead atoms. The first-order chi connectivity index (χ1) is 8.08. The van der Waals surface area contributed by atoms with Gasteiger partial charge in [-0.2, -0.15) is 5.10 Å². The van der Waals surface area contributed by atoms with Gasteiger partial charge in [0.25, 0.3) is 10.0 Å². The minimum absolute atomic E-state index is 0.152. The molecule has 1 aromatic heterocycles. The minimum atomic E-state index is -3.47. The van der Waals surface area contributed by atoms with E-state index in [1.165, 1.54) is 16.9 Å². The van der Waals surface area contributed by atoms with Gasteiger partial charge in [-0.1, -0.05) is 0 Å². The van der Waals surface area contributed by atoms with Gasteiger partial charge < -0.3 is 4.74 Å². The molecule has 17 heavy (non-hydrogen) atoms. The van der Waals surface area contributed by atoms with Gasteiger partial charge in [0.1, 0.15) is 0 Å². The number of sulfonamides is 1. The normalized spacial score (nSPS) is 11.9. The van der Waals surface area contributed by atoms with Crippen LogP contribution in [-0.4, -0.2) is 43.8 Å². The van der Waals surface area contributed by atoms with Gasteiger partial charge in [0.15, 0.2) is 5.03 Å². The Bertz CT molecular complexity index is 432. The van der Waals surface area contributed by atoms with Gasteiger partial charge in [-0.3, -0.25) is 4.68 Å². The Labute approximate surface area is 106 Å². The fraction of sp³-hybridized carbons (Fsp3) is 0.667. The molecule has 8 heteroatoms. The summed E-state index contributed by atoms with van der Waals surface area (Å²) >= 11 is 5.43. The molecule has 0 radical (unpaired) electrons. The minimum Gasteiger partial charge on any atom is -0.380 e. The molecule has 1 N–H and O–H groups in total. The summed E-state index contributed by atoms with van der Waals surface area (Å²) in [5.41, 5.74) is 0. The van der Waals surface area contributed by atoms with Crippen LogP contribution in [-0.2, 0) is 21.8 Å². The fourth-order valence-electron chi connectivity index (χ4n) is 1.24. The number of nitrogens with zero attached hydrogens (tertiary/aromatic N) is 2. The van der Waals surface area contributed by atoms with E-state index in [-0.39, 0.29) is 5.03 Å². The van der Waals surface area contributed by atoms with Crippen LogP contribution < -0.4 is 4.72 Å². The predicted molar refractivity (Wildman–Crippen MR) is 64.6 cm³/mol. The molecule has 1 aromatic rings. The van der Waals surface area contributed by atoms with E-state index in [4.69, 9.17) is 16.3 Å². The van der Waals surface area contributed by atoms with Crippen LogP contribution in [0.3, 0.4) is 0 Å². The monoisotopic (exact) mass is 281 g/mol. The quantitative estimate of drug-likeness (QED) is 0.551. The molecule has 0 aliphatic rings. The molecule has 0 aromatic carbocycles. The first-order valence-corrected chi connectivity index (χ1v) is 7.21. The number of nitrogens with one attached hydrogen (secondary N) is 1. The van der Waals surface area contributed by atoms with Crippen molar-refractivity contribution in [2.24, 2.45) is 7.05 Å². The summed E-state index contributed by atoms with van der Waals surface area (Å²) in [4.78, 5) is 0. The third-order valence-corrected chi connectivity index (χ3v) is 3.72. The molecule has 0 fully saturated rings. The lowest BCUT2D eigenvalue weighted by molar-refractivity contribution is 0.147. The summed E-state index contributed by atoms with van der Waals surface area (Å²) in [7, 11) is -1.89. The summed E-state index contributed by atoms with van der Waals surface area (Å²) in [6.07, 6.45) is 2.05. The van der Waals surface area contributed by atoms with E-state index >= 15 is 0 Å². The molecule has 0 aliphatic heterocycles. The summed E-state index contributed by atoms with van der Waals surface area (Å²) in [6, 6.07) is 1.45. The Morgan fingerprint density at radius 2 is 2.29 bits per heavy atom. The SMILES string of the molecule is Cn1nccc1S(=O)(=O)NCCCOCCCl. The molecule has 1 rings (SSSR count). The zero-order valence-corrected chi connectivity index (χ0v) is 11.2. The van der Waals surface area contributed by atoms with Gasteiger partial charge in [-0.15, -0.1) is 11.6 Å². The van der Waals surface area contributed by atoms with E-state index in [0.29, 0.717) is 32.1 Å². The molecular formula is C9H16ClN3O3S. The van der Waals surface area contributed by atoms with Crippen LogP contribution in [0, 0.1) is 0 Å². The highest BCUT2D eigenvalue weighted by Crippen LogP contribution is 2.05. The first kappa shape index (κ1) is 14.4. The average molecular weight is 282 g/mol. The Balaban J connectivity index is 2.34. The van der Waals surface area contributed by atoms with Crippen molar-refractivity contribution in [3.05, 3.63) is 12.3 Å². The van der Waals surface area contributed by atoms with Crippen LogP contribution in [0.15, 0.2) is 17.3 Å². The highest BCUT2D eigenvalue weighted by molar-refractivity contribution is 7.89. The maximum absolute atomic E-state index is 11.8. The molecule has 0 unspecified atom stereocenters. The third-order valence-electron chi connectivity index (χ3n) is 2.03. The fourth-order valence-corrected chi connectivity index (χ4v) is 2.54. The number of aryl methyl sites for hydroxylation is 1. The van der Waals surface area contributed by atoms with Gasteiger partial charge in [-0.25, -0.2) is 13.1 Å². The number of aromatic nitrogens is 2. The van der Waals surface area contributed by atoms with Crippen LogP contribution in [0.4, 0.5) is 0 Å². The zero-order chi connectivity index (χ0) is 12.7. The van der Waals surface area contributed by atoms with E-state index in [1.807, 2.05) is 0 Å². The highest BCUT2D eigenvalue weighted by atomic mass is 35.5. The second-order valence-electron chi connectivity index (χ2n) is 3.35. The molecule has 1 heterocycles. The summed E-state index contributed by atoms with van der Waals surface area (Å²) in [6.45, 7) is 1.30. The molecule has 0 aliphatic carbocycles. The molecule has 6 nitrogen and oxygen atoms in total. The smallest absolute Gasteiger partial charge is 0.257 e. The van der Waals surface area contributed by atoms with Crippen LogP contribution in [0.5, 0.6) is 0 Å². The lowest BCUT2D eigenvalue weighted by Gasteiger charge is -2.06. The number of hydrogen-bond donors (Lipinski definition) is 1. The van der Waals surface area contributed by atoms with E-state index in [0.717, 1.165) is 0 Å². The van der Waals surface area contributed by atoms with E-state index in [9.17, 15) is 8.42 Å². The Kier molecular flexibility index (Phi) is 5.90. The van der Waals surface area contributed by atoms with E-state index in [1.54, 1.807) is 7.05 Å². The molecule has 0 atom stereocenters. The number of alkyl halides is 1. The van der Waals surface area contributed by atoms with E-state index in [2.05, 4.69) is 9.82 Å². The van der Waals surface area contributed by atoms with Crippen molar-refractivity contribution in [2.75, 3.05) is 25.6 Å². The number of rotatable bonds is 8. The van der Waals surface area contributed by atoms with Crippen molar-refractivity contribution in [3.63, 3.8) is 0 Å². The molecule has 0 spiro atoms. The van der Waals surface area contributed by atoms with Crippen molar-refractivity contribution in [1.82, 2.24) is 14.5 Å². The number of ether oxygens (including phenoxy) is 1. The molecule has 0 amide bonds. The number of hydrogen-bond acceptors (Lipinski definition) is 4. The maximum Gasteiger partial charge on any atom is 0.257 e. The Hall–Kier alpha value is -0.630. The second kappa shape index (κ2) is 6.95. The summed E-state index contributed by atoms with van der Waals surface area (Å²) < 4.78 is 32.5. The topological polar surface area (TPSA) is 73.2 Å². The van der Waals surface area contributed by atoms with Crippen LogP contribution in [0.1, 0.15) is 6.42 Å². The van der Waals surface area contributed by atoms with Crippen LogP contribution in [0.2, 0.25) is 0 Å². The largest absolute Gasteiger partial charge is 0.380 e. The lowest BCUT2D eigenvalue weighted by Crippen LogP contribution is -2.27. The van der Waals surface area contributed by atoms with Crippen LogP contribution in [0.25, 0.3) is 0 Å². The van der Waals surface area contributed by atoms with Crippen LogP contribution >= 0.6 is 11.6 Å². The Morgan fingerprint density at radius 1 is 1.53 bits per heavy atom. The van der Waals surface area contributed by atoms with Crippen molar-refractivity contribution < 1.29 is 13.2 Å². The first-order valence-electron chi connectivity index (χ1n) is 5.19. The van der Waals surface area contributed by atoms with Gasteiger partial charge in [0.2, 0.25) is 0 Å². The summed E-state index contributed by atoms with van der Waals surface area (Å²) in [5, 5.41) is 3.96. The molecule has 0 saturated carbocycles. The summed E-state index contributed by atoms with van der Waals surface area (Å²) in [5.74, 6) is 0.445. The molecule has 98 valence electrons. The second-order valence-corrected chi connectivity index (χ2v) is 5.44. The van der Waals surface area contributed by atoms with E-state index < -0.39 is 10.0 Å². The van der Waals surface area contributed by atoms with Crippen molar-refractivity contribution >= 4 is 21.6 Å². The molecule has 0 saturated heterocycles. The van der Waals surface area contributed by atoms with Gasteiger partial charge in [0.05, 0.1) is 12.8 Å². The zero-order valence-electron chi connectivity index (χ0n) is 9.60. The molecular weight excluding hydrogens is 266 g/mol. The lowest BCUT2D eigenvalue weighted by atomic mass is 10.5. The van der Waals surface area contributed by atoms with Gasteiger partial charge in [0, 0.05) is 26.1 Å². The maximum atomic E-state index is 11.8. The average Bonchev–Trinajstić information content (AvgIpc) is 2.70. The van der Waals surface area contributed by atoms with Crippen molar-refractivity contribution in [1.29, 1.82) is 0 Å².